The lowest BCUT2D eigenvalue weighted by Gasteiger charge is -2.15. The number of nitrogens with one attached hydrogen (secondary N) is 1. The van der Waals surface area contributed by atoms with Crippen LogP contribution in [-0.4, -0.2) is 23.3 Å². The van der Waals surface area contributed by atoms with Gasteiger partial charge in [0.1, 0.15) is 17.4 Å². The molecule has 0 aliphatic carbocycles. The van der Waals surface area contributed by atoms with Crippen molar-refractivity contribution in [1.82, 2.24) is 4.37 Å². The number of aryl methyl sites for hydroxylation is 1. The number of thioether (sulfide) groups is 1. The van der Waals surface area contributed by atoms with E-state index in [1.807, 2.05) is 30.5 Å². The van der Waals surface area contributed by atoms with Crippen LogP contribution in [0.25, 0.3) is 0 Å². The van der Waals surface area contributed by atoms with Gasteiger partial charge in [0.15, 0.2) is 5.82 Å². The van der Waals surface area contributed by atoms with Gasteiger partial charge in [0.2, 0.25) is 0 Å². The summed E-state index contributed by atoms with van der Waals surface area (Å²) in [7, 11) is 0. The Morgan fingerprint density at radius 1 is 1.40 bits per heavy atom. The minimum Gasteiger partial charge on any atom is -0.491 e. The second-order valence-corrected chi connectivity index (χ2v) is 6.19. The first-order chi connectivity index (χ1) is 9.60. The molecule has 2 aromatic rings. The van der Waals surface area contributed by atoms with E-state index in [9.17, 15) is 0 Å². The third kappa shape index (κ3) is 3.80. The summed E-state index contributed by atoms with van der Waals surface area (Å²) in [4.78, 5) is 1.01. The van der Waals surface area contributed by atoms with Gasteiger partial charge in [-0.3, -0.25) is 0 Å². The summed E-state index contributed by atoms with van der Waals surface area (Å²) >= 11 is 3.00. The fraction of sp³-hybridized carbons (Fsp3) is 0.357. The molecule has 108 valence electrons. The Morgan fingerprint density at radius 2 is 2.10 bits per heavy atom. The molecule has 0 saturated heterocycles. The summed E-state index contributed by atoms with van der Waals surface area (Å²) in [5.74, 6) is 1.48. The molecule has 6 heteroatoms. The molecular formula is C14H19N3OS2. The molecule has 1 aromatic carbocycles. The maximum absolute atomic E-state index is 5.81. The minimum atomic E-state index is 0.182. The molecule has 0 saturated carbocycles. The Morgan fingerprint density at radius 3 is 2.75 bits per heavy atom. The molecule has 1 unspecified atom stereocenters. The fourth-order valence-electron chi connectivity index (χ4n) is 1.70. The number of anilines is 2. The number of nitrogens with two attached hydrogens (primary N) is 1. The maximum Gasteiger partial charge on any atom is 0.153 e. The summed E-state index contributed by atoms with van der Waals surface area (Å²) in [6.07, 6.45) is 2.00. The average Bonchev–Trinajstić information content (AvgIpc) is 2.78. The summed E-state index contributed by atoms with van der Waals surface area (Å²) in [5.41, 5.74) is 7.04. The summed E-state index contributed by atoms with van der Waals surface area (Å²) in [6, 6.07) is 8.24. The van der Waals surface area contributed by atoms with Crippen LogP contribution in [0.2, 0.25) is 0 Å². The van der Waals surface area contributed by atoms with Gasteiger partial charge in [-0.1, -0.05) is 17.7 Å². The largest absolute Gasteiger partial charge is 0.491 e. The van der Waals surface area contributed by atoms with Crippen LogP contribution in [0.4, 0.5) is 10.8 Å². The van der Waals surface area contributed by atoms with Gasteiger partial charge in [-0.25, -0.2) is 0 Å². The molecule has 1 atom stereocenters. The van der Waals surface area contributed by atoms with E-state index in [1.165, 1.54) is 17.1 Å². The molecule has 0 aliphatic rings. The highest BCUT2D eigenvalue weighted by molar-refractivity contribution is 7.99. The number of rotatable bonds is 6. The Hall–Kier alpha value is -1.40. The highest BCUT2D eigenvalue weighted by Crippen LogP contribution is 2.34. The Bertz CT molecular complexity index is 554. The third-order valence-electron chi connectivity index (χ3n) is 2.78. The summed E-state index contributed by atoms with van der Waals surface area (Å²) < 4.78 is 9.92. The van der Waals surface area contributed by atoms with Crippen molar-refractivity contribution in [3.05, 3.63) is 29.8 Å². The molecule has 0 spiro atoms. The van der Waals surface area contributed by atoms with E-state index in [-0.39, 0.29) is 6.04 Å². The molecule has 0 fully saturated rings. The third-order valence-corrected chi connectivity index (χ3v) is 4.52. The van der Waals surface area contributed by atoms with Crippen LogP contribution in [0.3, 0.4) is 0 Å². The summed E-state index contributed by atoms with van der Waals surface area (Å²) in [6.45, 7) is 4.73. The number of nitrogens with zero attached hydrogens (tertiary/aromatic N) is 1. The number of aromatic nitrogens is 1. The number of hydrogen-bond donors (Lipinski definition) is 2. The number of ether oxygens (including phenoxy) is 1. The van der Waals surface area contributed by atoms with Crippen LogP contribution >= 0.6 is 23.3 Å². The van der Waals surface area contributed by atoms with Gasteiger partial charge >= 0.3 is 0 Å². The minimum absolute atomic E-state index is 0.182. The molecule has 2 rings (SSSR count). The lowest BCUT2D eigenvalue weighted by atomic mass is 10.2. The first kappa shape index (κ1) is 15.0. The normalized spacial score (nSPS) is 12.2. The first-order valence-corrected chi connectivity index (χ1v) is 8.35. The van der Waals surface area contributed by atoms with Crippen molar-refractivity contribution in [2.45, 2.75) is 24.8 Å². The number of nitrogen functional groups attached to an aromatic ring is 1. The van der Waals surface area contributed by atoms with Crippen molar-refractivity contribution >= 4 is 34.1 Å². The molecule has 0 bridgehead atoms. The number of benzene rings is 1. The van der Waals surface area contributed by atoms with Gasteiger partial charge in [-0.15, -0.1) is 11.8 Å². The van der Waals surface area contributed by atoms with Crippen LogP contribution in [0.5, 0.6) is 5.75 Å². The van der Waals surface area contributed by atoms with Crippen molar-refractivity contribution in [2.75, 3.05) is 23.9 Å². The van der Waals surface area contributed by atoms with E-state index >= 15 is 0 Å². The standard InChI is InChI=1S/C14H19N3OS2/c1-9-4-6-11(7-5-9)18-8-10(2)16-14-12(19-3)13(15)17-20-14/h4-7,10,16H,8H2,1-3H3,(H2,15,17). The fourth-order valence-corrected chi connectivity index (χ4v) is 3.35. The van der Waals surface area contributed by atoms with Gasteiger partial charge in [-0.2, -0.15) is 4.37 Å². The molecule has 1 heterocycles. The molecule has 0 aliphatic heterocycles. The quantitative estimate of drug-likeness (QED) is 0.798. The van der Waals surface area contributed by atoms with Gasteiger partial charge in [0.05, 0.1) is 10.9 Å². The van der Waals surface area contributed by atoms with E-state index in [1.54, 1.807) is 11.8 Å². The second kappa shape index (κ2) is 6.85. The summed E-state index contributed by atoms with van der Waals surface area (Å²) in [5, 5.41) is 4.40. The monoisotopic (exact) mass is 309 g/mol. The van der Waals surface area contributed by atoms with Gasteiger partial charge in [-0.05, 0) is 43.8 Å². The van der Waals surface area contributed by atoms with Crippen molar-refractivity contribution in [2.24, 2.45) is 0 Å². The van der Waals surface area contributed by atoms with Crippen molar-refractivity contribution < 1.29 is 4.74 Å². The van der Waals surface area contributed by atoms with Crippen LogP contribution in [-0.2, 0) is 0 Å². The highest BCUT2D eigenvalue weighted by atomic mass is 32.2. The molecule has 3 N–H and O–H groups in total. The lowest BCUT2D eigenvalue weighted by molar-refractivity contribution is 0.304. The predicted molar refractivity (Wildman–Crippen MR) is 88.1 cm³/mol. The van der Waals surface area contributed by atoms with E-state index in [2.05, 4.69) is 23.5 Å². The van der Waals surface area contributed by atoms with Crippen LogP contribution in [0, 0.1) is 6.92 Å². The second-order valence-electron chi connectivity index (χ2n) is 4.60. The average molecular weight is 309 g/mol. The molecule has 0 amide bonds. The first-order valence-electron chi connectivity index (χ1n) is 6.35. The molecule has 20 heavy (non-hydrogen) atoms. The molecule has 1 aromatic heterocycles. The zero-order valence-electron chi connectivity index (χ0n) is 11.8. The van der Waals surface area contributed by atoms with Crippen LogP contribution < -0.4 is 15.8 Å². The zero-order valence-corrected chi connectivity index (χ0v) is 13.5. The van der Waals surface area contributed by atoms with E-state index < -0.39 is 0 Å². The van der Waals surface area contributed by atoms with Gasteiger partial charge in [0.25, 0.3) is 0 Å². The van der Waals surface area contributed by atoms with Crippen molar-refractivity contribution in [1.29, 1.82) is 0 Å². The molecule has 4 nitrogen and oxygen atoms in total. The van der Waals surface area contributed by atoms with Gasteiger partial charge < -0.3 is 15.8 Å². The van der Waals surface area contributed by atoms with Crippen molar-refractivity contribution in [3.8, 4) is 5.75 Å². The Labute approximate surface area is 127 Å². The van der Waals surface area contributed by atoms with Crippen molar-refractivity contribution in [3.63, 3.8) is 0 Å². The lowest BCUT2D eigenvalue weighted by Crippen LogP contribution is -2.23. The van der Waals surface area contributed by atoms with E-state index in [0.29, 0.717) is 12.4 Å². The topological polar surface area (TPSA) is 60.2 Å². The highest BCUT2D eigenvalue weighted by Gasteiger charge is 2.13. The Balaban J connectivity index is 1.89. The predicted octanol–water partition coefficient (Wildman–Crippen LogP) is 3.64. The number of hydrogen-bond acceptors (Lipinski definition) is 6. The smallest absolute Gasteiger partial charge is 0.153 e. The Kier molecular flexibility index (Phi) is 5.14. The SMILES string of the molecule is CSc1c(N)nsc1NC(C)COc1ccc(C)cc1. The maximum atomic E-state index is 5.81. The van der Waals surface area contributed by atoms with Gasteiger partial charge in [0, 0.05) is 0 Å². The van der Waals surface area contributed by atoms with E-state index in [4.69, 9.17) is 10.5 Å². The van der Waals surface area contributed by atoms with E-state index in [0.717, 1.165) is 15.6 Å². The molecular weight excluding hydrogens is 290 g/mol. The van der Waals surface area contributed by atoms with Crippen LogP contribution in [0.15, 0.2) is 29.2 Å². The molecule has 0 radical (unpaired) electrons. The zero-order chi connectivity index (χ0) is 14.5. The van der Waals surface area contributed by atoms with Crippen LogP contribution in [0.1, 0.15) is 12.5 Å².